The van der Waals surface area contributed by atoms with E-state index in [1.165, 1.54) is 12.2 Å². The highest BCUT2D eigenvalue weighted by Gasteiger charge is 2.21. The highest BCUT2D eigenvalue weighted by atomic mass is 32.2. The minimum atomic E-state index is 0.637. The first-order chi connectivity index (χ1) is 10.8. The molecule has 0 aromatic carbocycles. The zero-order valence-electron chi connectivity index (χ0n) is 13.7. The number of hydrogen-bond acceptors (Lipinski definition) is 4. The van der Waals surface area contributed by atoms with Crippen molar-refractivity contribution in [2.75, 3.05) is 32.5 Å². The number of guanidine groups is 1. The average Bonchev–Trinajstić information content (AvgIpc) is 2.59. The molecule has 0 amide bonds. The van der Waals surface area contributed by atoms with E-state index >= 15 is 0 Å². The van der Waals surface area contributed by atoms with E-state index in [1.54, 1.807) is 7.11 Å². The van der Waals surface area contributed by atoms with Gasteiger partial charge in [-0.1, -0.05) is 13.0 Å². The Labute approximate surface area is 137 Å². The first-order valence-electron chi connectivity index (χ1n) is 7.90. The number of nitrogens with one attached hydrogen (secondary N) is 1. The third-order valence-electron chi connectivity index (χ3n) is 3.65. The smallest absolute Gasteiger partial charge is 0.212 e. The van der Waals surface area contributed by atoms with Gasteiger partial charge in [0.05, 0.1) is 13.7 Å². The molecule has 1 aliphatic heterocycles. The lowest BCUT2D eigenvalue weighted by atomic mass is 10.3. The topological polar surface area (TPSA) is 49.8 Å². The maximum absolute atomic E-state index is 5.08. The standard InChI is InChI=1S/C16H26N4OS/c1-4-14-12-20(8-9-22-14)16(17-5-2)19-11-13-6-7-15(21-3)18-10-13/h6-7,10,14H,4-5,8-9,11-12H2,1-3H3,(H,17,19). The number of hydrogen-bond donors (Lipinski definition) is 1. The van der Waals surface area contributed by atoms with Crippen LogP contribution in [0.2, 0.25) is 0 Å². The normalized spacial score (nSPS) is 19.1. The van der Waals surface area contributed by atoms with E-state index < -0.39 is 0 Å². The Bertz CT molecular complexity index is 478. The molecule has 2 heterocycles. The van der Waals surface area contributed by atoms with E-state index in [-0.39, 0.29) is 0 Å². The number of pyridine rings is 1. The molecule has 1 saturated heterocycles. The molecule has 0 spiro atoms. The highest BCUT2D eigenvalue weighted by molar-refractivity contribution is 8.00. The molecule has 1 aliphatic rings. The Morgan fingerprint density at radius 1 is 1.50 bits per heavy atom. The molecule has 22 heavy (non-hydrogen) atoms. The van der Waals surface area contributed by atoms with Crippen molar-refractivity contribution in [2.24, 2.45) is 4.99 Å². The average molecular weight is 322 g/mol. The number of thioether (sulfide) groups is 1. The zero-order valence-corrected chi connectivity index (χ0v) is 14.5. The van der Waals surface area contributed by atoms with Gasteiger partial charge >= 0.3 is 0 Å². The van der Waals surface area contributed by atoms with Gasteiger partial charge < -0.3 is 15.0 Å². The van der Waals surface area contributed by atoms with Crippen molar-refractivity contribution in [1.29, 1.82) is 0 Å². The molecule has 1 N–H and O–H groups in total. The molecule has 0 saturated carbocycles. The van der Waals surface area contributed by atoms with Gasteiger partial charge in [-0.15, -0.1) is 0 Å². The van der Waals surface area contributed by atoms with Gasteiger partial charge in [0.25, 0.3) is 0 Å². The molecule has 0 radical (unpaired) electrons. The Balaban J connectivity index is 2.02. The molecular weight excluding hydrogens is 296 g/mol. The van der Waals surface area contributed by atoms with Crippen molar-refractivity contribution in [3.63, 3.8) is 0 Å². The lowest BCUT2D eigenvalue weighted by Gasteiger charge is -2.34. The summed E-state index contributed by atoms with van der Waals surface area (Å²) in [5, 5.41) is 4.12. The molecule has 5 nitrogen and oxygen atoms in total. The summed E-state index contributed by atoms with van der Waals surface area (Å²) in [5.74, 6) is 2.82. The number of aliphatic imine (C=N–C) groups is 1. The molecule has 1 unspecified atom stereocenters. The quantitative estimate of drug-likeness (QED) is 0.666. The van der Waals surface area contributed by atoms with Gasteiger partial charge in [-0.2, -0.15) is 11.8 Å². The molecule has 2 rings (SSSR count). The molecule has 6 heteroatoms. The third kappa shape index (κ3) is 4.80. The van der Waals surface area contributed by atoms with E-state index in [0.717, 1.165) is 31.2 Å². The maximum Gasteiger partial charge on any atom is 0.212 e. The lowest BCUT2D eigenvalue weighted by molar-refractivity contribution is 0.397. The minimum Gasteiger partial charge on any atom is -0.481 e. The molecule has 122 valence electrons. The zero-order chi connectivity index (χ0) is 15.8. The largest absolute Gasteiger partial charge is 0.481 e. The van der Waals surface area contributed by atoms with Crippen molar-refractivity contribution >= 4 is 17.7 Å². The fourth-order valence-electron chi connectivity index (χ4n) is 2.38. The monoisotopic (exact) mass is 322 g/mol. The van der Waals surface area contributed by atoms with Crippen LogP contribution >= 0.6 is 11.8 Å². The first kappa shape index (κ1) is 16.9. The summed E-state index contributed by atoms with van der Waals surface area (Å²) in [4.78, 5) is 11.4. The molecule has 0 aliphatic carbocycles. The van der Waals surface area contributed by atoms with Crippen molar-refractivity contribution in [3.05, 3.63) is 23.9 Å². The third-order valence-corrected chi connectivity index (χ3v) is 5.02. The maximum atomic E-state index is 5.08. The van der Waals surface area contributed by atoms with Crippen LogP contribution in [0.3, 0.4) is 0 Å². The fourth-order valence-corrected chi connectivity index (χ4v) is 3.56. The van der Waals surface area contributed by atoms with Gasteiger partial charge in [-0.3, -0.25) is 0 Å². The van der Waals surface area contributed by atoms with Crippen molar-refractivity contribution in [2.45, 2.75) is 32.1 Å². The van der Waals surface area contributed by atoms with E-state index in [2.05, 4.69) is 40.8 Å². The van der Waals surface area contributed by atoms with Crippen molar-refractivity contribution < 1.29 is 4.74 Å². The van der Waals surface area contributed by atoms with Crippen molar-refractivity contribution in [3.8, 4) is 5.88 Å². The van der Waals surface area contributed by atoms with Gasteiger partial charge in [0.1, 0.15) is 0 Å². The molecule has 1 atom stereocenters. The Hall–Kier alpha value is -1.43. The van der Waals surface area contributed by atoms with E-state index in [4.69, 9.17) is 9.73 Å². The summed E-state index contributed by atoms with van der Waals surface area (Å²) in [5.41, 5.74) is 1.09. The van der Waals surface area contributed by atoms with Crippen LogP contribution in [-0.2, 0) is 6.54 Å². The highest BCUT2D eigenvalue weighted by Crippen LogP contribution is 2.21. The molecule has 1 aromatic heterocycles. The van der Waals surface area contributed by atoms with Crippen LogP contribution in [0.25, 0.3) is 0 Å². The molecular formula is C16H26N4OS. The molecule has 1 fully saturated rings. The van der Waals surface area contributed by atoms with Gasteiger partial charge in [-0.05, 0) is 18.9 Å². The lowest BCUT2D eigenvalue weighted by Crippen LogP contribution is -2.48. The van der Waals surface area contributed by atoms with Gasteiger partial charge in [0.15, 0.2) is 5.96 Å². The predicted octanol–water partition coefficient (Wildman–Crippen LogP) is 2.38. The summed E-state index contributed by atoms with van der Waals surface area (Å²) < 4.78 is 5.08. The second kappa shape index (κ2) is 8.88. The Morgan fingerprint density at radius 2 is 2.36 bits per heavy atom. The Kier molecular flexibility index (Phi) is 6.83. The van der Waals surface area contributed by atoms with Crippen LogP contribution in [0.15, 0.2) is 23.3 Å². The van der Waals surface area contributed by atoms with E-state index in [0.29, 0.717) is 17.7 Å². The fraction of sp³-hybridized carbons (Fsp3) is 0.625. The first-order valence-corrected chi connectivity index (χ1v) is 8.95. The SMILES string of the molecule is CCNC(=NCc1ccc(OC)nc1)N1CCSC(CC)C1. The van der Waals surface area contributed by atoms with E-state index in [1.807, 2.05) is 18.3 Å². The summed E-state index contributed by atoms with van der Waals surface area (Å²) >= 11 is 2.07. The number of rotatable bonds is 5. The number of ether oxygens (including phenoxy) is 1. The van der Waals surface area contributed by atoms with E-state index in [9.17, 15) is 0 Å². The van der Waals surface area contributed by atoms with Crippen LogP contribution in [0, 0.1) is 0 Å². The van der Waals surface area contributed by atoms with Gasteiger partial charge in [0.2, 0.25) is 5.88 Å². The van der Waals surface area contributed by atoms with Crippen LogP contribution in [0.5, 0.6) is 5.88 Å². The van der Waals surface area contributed by atoms with Crippen LogP contribution in [0.4, 0.5) is 0 Å². The van der Waals surface area contributed by atoms with Crippen LogP contribution in [-0.4, -0.2) is 53.6 Å². The molecule has 0 bridgehead atoms. The second-order valence-corrected chi connectivity index (χ2v) is 6.63. The number of aromatic nitrogens is 1. The van der Waals surface area contributed by atoms with Crippen LogP contribution < -0.4 is 10.1 Å². The van der Waals surface area contributed by atoms with Gasteiger partial charge in [0, 0.05) is 42.9 Å². The summed E-state index contributed by atoms with van der Waals surface area (Å²) in [6.07, 6.45) is 3.04. The number of nitrogens with zero attached hydrogens (tertiary/aromatic N) is 3. The molecule has 1 aromatic rings. The summed E-state index contributed by atoms with van der Waals surface area (Å²) in [6.45, 7) is 8.04. The predicted molar refractivity (Wildman–Crippen MR) is 93.7 cm³/mol. The summed E-state index contributed by atoms with van der Waals surface area (Å²) in [7, 11) is 1.63. The number of methoxy groups -OCH3 is 1. The van der Waals surface area contributed by atoms with Gasteiger partial charge in [-0.25, -0.2) is 9.98 Å². The summed E-state index contributed by atoms with van der Waals surface area (Å²) in [6, 6.07) is 3.89. The minimum absolute atomic E-state index is 0.637. The second-order valence-electron chi connectivity index (χ2n) is 5.23. The van der Waals surface area contributed by atoms with Crippen molar-refractivity contribution in [1.82, 2.24) is 15.2 Å². The Morgan fingerprint density at radius 3 is 3.00 bits per heavy atom. The van der Waals surface area contributed by atoms with Crippen LogP contribution in [0.1, 0.15) is 25.8 Å².